The summed E-state index contributed by atoms with van der Waals surface area (Å²) in [6.45, 7) is 4.75. The molecule has 2 aromatic rings. The van der Waals surface area contributed by atoms with Crippen molar-refractivity contribution in [1.29, 1.82) is 0 Å². The van der Waals surface area contributed by atoms with Crippen LogP contribution in [0.15, 0.2) is 0 Å². The third-order valence-corrected chi connectivity index (χ3v) is 5.95. The zero-order chi connectivity index (χ0) is 16.0. The molecule has 1 atom stereocenters. The first-order valence-electron chi connectivity index (χ1n) is 8.44. The third-order valence-electron chi connectivity index (χ3n) is 4.84. The van der Waals surface area contributed by atoms with Crippen LogP contribution in [0.1, 0.15) is 31.4 Å². The first kappa shape index (κ1) is 14.9. The number of rotatable bonds is 4. The van der Waals surface area contributed by atoms with Crippen LogP contribution >= 0.6 is 11.3 Å². The summed E-state index contributed by atoms with van der Waals surface area (Å²) in [7, 11) is 1.93. The second kappa shape index (κ2) is 5.78. The van der Waals surface area contributed by atoms with Gasteiger partial charge in [0.25, 0.3) is 0 Å². The maximum atomic E-state index is 12.2. The van der Waals surface area contributed by atoms with Crippen molar-refractivity contribution in [3.63, 3.8) is 0 Å². The van der Waals surface area contributed by atoms with E-state index in [0.29, 0.717) is 17.7 Å². The van der Waals surface area contributed by atoms with E-state index in [4.69, 9.17) is 0 Å². The molecule has 2 aliphatic rings. The molecule has 1 saturated heterocycles. The molecular formula is C16H23N5OS. The van der Waals surface area contributed by atoms with Crippen molar-refractivity contribution in [2.75, 3.05) is 25.0 Å². The minimum absolute atomic E-state index is 0.335. The highest BCUT2D eigenvalue weighted by molar-refractivity contribution is 7.22. The highest BCUT2D eigenvalue weighted by Crippen LogP contribution is 2.33. The minimum Gasteiger partial charge on any atom is -0.361 e. The molecule has 124 valence electrons. The normalized spacial score (nSPS) is 21.8. The molecule has 0 radical (unpaired) electrons. The number of fused-ring (bicyclic) bond motifs is 1. The fourth-order valence-corrected chi connectivity index (χ4v) is 4.35. The van der Waals surface area contributed by atoms with E-state index in [0.717, 1.165) is 60.1 Å². The van der Waals surface area contributed by atoms with Crippen molar-refractivity contribution in [2.45, 2.75) is 32.6 Å². The largest absolute Gasteiger partial charge is 0.361 e. The van der Waals surface area contributed by atoms with Gasteiger partial charge >= 0.3 is 0 Å². The molecule has 3 heterocycles. The number of aryl methyl sites for hydroxylation is 2. The van der Waals surface area contributed by atoms with Crippen LogP contribution in [0.25, 0.3) is 10.3 Å². The second-order valence-electron chi connectivity index (χ2n) is 6.83. The monoisotopic (exact) mass is 333 g/mol. The standard InChI is InChI=1S/C16H23N5OS/c1-10-13-14(20(2)19-10)18-16(23-13)17-8-11-4-3-7-21(9-11)15(22)12-5-6-12/h11-12H,3-9H2,1-2H3,(H,17,18)/t11-/m1/s1. The van der Waals surface area contributed by atoms with Crippen molar-refractivity contribution in [2.24, 2.45) is 18.9 Å². The Morgan fingerprint density at radius 1 is 1.39 bits per heavy atom. The van der Waals surface area contributed by atoms with Gasteiger partial charge < -0.3 is 10.2 Å². The Morgan fingerprint density at radius 2 is 2.22 bits per heavy atom. The van der Waals surface area contributed by atoms with Crippen molar-refractivity contribution in [1.82, 2.24) is 19.7 Å². The van der Waals surface area contributed by atoms with E-state index in [1.807, 2.05) is 18.7 Å². The van der Waals surface area contributed by atoms with Gasteiger partial charge in [-0.1, -0.05) is 11.3 Å². The van der Waals surface area contributed by atoms with Crippen molar-refractivity contribution < 1.29 is 4.79 Å². The van der Waals surface area contributed by atoms with E-state index in [1.54, 1.807) is 11.3 Å². The first-order chi connectivity index (χ1) is 11.1. The summed E-state index contributed by atoms with van der Waals surface area (Å²) in [5, 5.41) is 8.82. The number of hydrogen-bond acceptors (Lipinski definition) is 5. The number of carbonyl (C=O) groups is 1. The van der Waals surface area contributed by atoms with Crippen LogP contribution in [0.5, 0.6) is 0 Å². The summed E-state index contributed by atoms with van der Waals surface area (Å²) in [5.74, 6) is 1.25. The number of nitrogens with zero attached hydrogens (tertiary/aromatic N) is 4. The predicted molar refractivity (Wildman–Crippen MR) is 91.6 cm³/mol. The number of anilines is 1. The lowest BCUT2D eigenvalue weighted by Gasteiger charge is -2.33. The van der Waals surface area contributed by atoms with Gasteiger partial charge in [0.05, 0.1) is 10.4 Å². The van der Waals surface area contributed by atoms with Gasteiger partial charge in [0.2, 0.25) is 5.91 Å². The average molecular weight is 333 g/mol. The van der Waals surface area contributed by atoms with Gasteiger partial charge in [-0.25, -0.2) is 9.67 Å². The maximum Gasteiger partial charge on any atom is 0.225 e. The molecule has 1 aliphatic heterocycles. The van der Waals surface area contributed by atoms with E-state index < -0.39 is 0 Å². The van der Waals surface area contributed by atoms with Crippen LogP contribution in [-0.2, 0) is 11.8 Å². The number of thiazole rings is 1. The maximum absolute atomic E-state index is 12.2. The molecule has 0 aromatic carbocycles. The second-order valence-corrected chi connectivity index (χ2v) is 7.83. The van der Waals surface area contributed by atoms with Gasteiger partial charge in [-0.3, -0.25) is 4.79 Å². The number of nitrogens with one attached hydrogen (secondary N) is 1. The smallest absolute Gasteiger partial charge is 0.225 e. The van der Waals surface area contributed by atoms with Crippen LogP contribution in [0, 0.1) is 18.8 Å². The van der Waals surface area contributed by atoms with E-state index >= 15 is 0 Å². The number of amides is 1. The summed E-state index contributed by atoms with van der Waals surface area (Å²) in [5.41, 5.74) is 1.98. The lowest BCUT2D eigenvalue weighted by Crippen LogP contribution is -2.42. The highest BCUT2D eigenvalue weighted by Gasteiger charge is 2.35. The quantitative estimate of drug-likeness (QED) is 0.933. The number of carbonyl (C=O) groups excluding carboxylic acids is 1. The molecule has 2 aromatic heterocycles. The fourth-order valence-electron chi connectivity index (χ4n) is 3.41. The zero-order valence-corrected chi connectivity index (χ0v) is 14.5. The molecule has 6 nitrogen and oxygen atoms in total. The van der Waals surface area contributed by atoms with Crippen molar-refractivity contribution in [3.8, 4) is 0 Å². The molecule has 1 N–H and O–H groups in total. The molecule has 23 heavy (non-hydrogen) atoms. The molecule has 4 rings (SSSR count). The lowest BCUT2D eigenvalue weighted by molar-refractivity contribution is -0.134. The number of likely N-dealkylation sites (tertiary alicyclic amines) is 1. The SMILES string of the molecule is Cc1nn(C)c2nc(NC[C@H]3CCCN(C(=O)C4CC4)C3)sc12. The van der Waals surface area contributed by atoms with Crippen LogP contribution in [0.3, 0.4) is 0 Å². The molecule has 0 unspecified atom stereocenters. The van der Waals surface area contributed by atoms with Crippen molar-refractivity contribution >= 4 is 32.7 Å². The highest BCUT2D eigenvalue weighted by atomic mass is 32.1. The zero-order valence-electron chi connectivity index (χ0n) is 13.7. The van der Waals surface area contributed by atoms with Crippen LogP contribution < -0.4 is 5.32 Å². The van der Waals surface area contributed by atoms with Gasteiger partial charge in [0, 0.05) is 32.6 Å². The lowest BCUT2D eigenvalue weighted by atomic mass is 9.97. The molecule has 0 spiro atoms. The number of hydrogen-bond donors (Lipinski definition) is 1. The van der Waals surface area contributed by atoms with Gasteiger partial charge in [-0.15, -0.1) is 0 Å². The Morgan fingerprint density at radius 3 is 2.96 bits per heavy atom. The summed E-state index contributed by atoms with van der Waals surface area (Å²) < 4.78 is 2.99. The average Bonchev–Trinajstić information content (AvgIpc) is 3.25. The summed E-state index contributed by atoms with van der Waals surface area (Å²) >= 11 is 1.67. The van der Waals surface area contributed by atoms with E-state index in [2.05, 4.69) is 20.3 Å². The molecule has 2 fully saturated rings. The molecule has 7 heteroatoms. The van der Waals surface area contributed by atoms with E-state index in [-0.39, 0.29) is 0 Å². The van der Waals surface area contributed by atoms with Gasteiger partial charge in [0.15, 0.2) is 10.8 Å². The predicted octanol–water partition coefficient (Wildman–Crippen LogP) is 2.40. The van der Waals surface area contributed by atoms with Crippen LogP contribution in [0.4, 0.5) is 5.13 Å². The topological polar surface area (TPSA) is 63.1 Å². The molecule has 1 aliphatic carbocycles. The Kier molecular flexibility index (Phi) is 3.75. The summed E-state index contributed by atoms with van der Waals surface area (Å²) in [6.07, 6.45) is 4.50. The van der Waals surface area contributed by atoms with E-state index in [9.17, 15) is 4.79 Å². The summed E-state index contributed by atoms with van der Waals surface area (Å²) in [4.78, 5) is 18.9. The van der Waals surface area contributed by atoms with Gasteiger partial charge in [-0.2, -0.15) is 5.10 Å². The molecule has 1 amide bonds. The number of aromatic nitrogens is 3. The van der Waals surface area contributed by atoms with Crippen LogP contribution in [0.2, 0.25) is 0 Å². The van der Waals surface area contributed by atoms with Crippen molar-refractivity contribution in [3.05, 3.63) is 5.69 Å². The molecular weight excluding hydrogens is 310 g/mol. The molecule has 0 bridgehead atoms. The minimum atomic E-state index is 0.335. The Bertz CT molecular complexity index is 698. The number of piperidine rings is 1. The Balaban J connectivity index is 1.37. The Hall–Kier alpha value is -1.63. The fraction of sp³-hybridized carbons (Fsp3) is 0.688. The van der Waals surface area contributed by atoms with Crippen LogP contribution in [-0.4, -0.2) is 45.2 Å². The van der Waals surface area contributed by atoms with E-state index in [1.165, 1.54) is 6.42 Å². The van der Waals surface area contributed by atoms with Gasteiger partial charge in [0.1, 0.15) is 0 Å². The first-order valence-corrected chi connectivity index (χ1v) is 9.26. The third kappa shape index (κ3) is 2.94. The summed E-state index contributed by atoms with van der Waals surface area (Å²) in [6, 6.07) is 0. The Labute approximate surface area is 139 Å². The molecule has 1 saturated carbocycles. The van der Waals surface area contributed by atoms with Gasteiger partial charge in [-0.05, 0) is 38.5 Å².